The summed E-state index contributed by atoms with van der Waals surface area (Å²) in [7, 11) is 0. The Kier molecular flexibility index (Phi) is 5.32. The van der Waals surface area contributed by atoms with Crippen LogP contribution in [-0.4, -0.2) is 5.91 Å². The summed E-state index contributed by atoms with van der Waals surface area (Å²) in [6.45, 7) is 6.90. The summed E-state index contributed by atoms with van der Waals surface area (Å²) in [6.07, 6.45) is 4.30. The minimum absolute atomic E-state index is 0.145. The monoisotopic (exact) mass is 307 g/mol. The lowest BCUT2D eigenvalue weighted by Gasteiger charge is -2.36. The van der Waals surface area contributed by atoms with Gasteiger partial charge in [0, 0.05) is 17.5 Å². The number of halogens is 1. The molecule has 21 heavy (non-hydrogen) atoms. The Balaban J connectivity index is 1.94. The van der Waals surface area contributed by atoms with Gasteiger partial charge >= 0.3 is 0 Å². The number of rotatable bonds is 3. The second-order valence-electron chi connectivity index (χ2n) is 7.19. The van der Waals surface area contributed by atoms with Gasteiger partial charge in [0.2, 0.25) is 5.91 Å². The third kappa shape index (κ3) is 4.23. The lowest BCUT2D eigenvalue weighted by Crippen LogP contribution is -2.31. The molecule has 2 nitrogen and oxygen atoms in total. The molecule has 0 atom stereocenters. The second kappa shape index (κ2) is 6.83. The van der Waals surface area contributed by atoms with Gasteiger partial charge in [-0.1, -0.05) is 39.0 Å². The molecule has 1 fully saturated rings. The first-order valence-corrected chi connectivity index (χ1v) is 8.40. The second-order valence-corrected chi connectivity index (χ2v) is 7.46. The molecule has 1 aromatic rings. The molecule has 1 amide bonds. The van der Waals surface area contributed by atoms with Crippen molar-refractivity contribution >= 4 is 23.2 Å². The van der Waals surface area contributed by atoms with Crippen LogP contribution in [0.1, 0.15) is 52.0 Å². The van der Waals surface area contributed by atoms with Crippen molar-refractivity contribution in [3.05, 3.63) is 29.8 Å². The molecule has 0 heterocycles. The van der Waals surface area contributed by atoms with Crippen LogP contribution in [0.5, 0.6) is 0 Å². The fourth-order valence-electron chi connectivity index (χ4n) is 3.22. The number of benzene rings is 1. The summed E-state index contributed by atoms with van der Waals surface area (Å²) in [5.41, 5.74) is 2.19. The number of hydrogen-bond donors (Lipinski definition) is 1. The van der Waals surface area contributed by atoms with Crippen molar-refractivity contribution in [1.82, 2.24) is 0 Å². The van der Waals surface area contributed by atoms with Crippen LogP contribution in [0, 0.1) is 17.3 Å². The van der Waals surface area contributed by atoms with Crippen LogP contribution in [0.4, 0.5) is 5.69 Å². The van der Waals surface area contributed by atoms with Crippen LogP contribution in [-0.2, 0) is 10.7 Å². The van der Waals surface area contributed by atoms with Gasteiger partial charge in [0.05, 0.1) is 0 Å². The quantitative estimate of drug-likeness (QED) is 0.762. The first-order valence-electron chi connectivity index (χ1n) is 7.86. The van der Waals surface area contributed by atoms with Gasteiger partial charge in [0.25, 0.3) is 0 Å². The Morgan fingerprint density at radius 1 is 1.19 bits per heavy atom. The summed E-state index contributed by atoms with van der Waals surface area (Å²) in [5.74, 6) is 1.45. The van der Waals surface area contributed by atoms with E-state index in [1.165, 1.54) is 0 Å². The zero-order valence-electron chi connectivity index (χ0n) is 13.3. The molecule has 0 aliphatic heterocycles. The van der Waals surface area contributed by atoms with Crippen molar-refractivity contribution in [2.24, 2.45) is 17.3 Å². The maximum absolute atomic E-state index is 12.4. The van der Waals surface area contributed by atoms with Crippen LogP contribution in [0.2, 0.25) is 0 Å². The number of carbonyl (C=O) groups excluding carboxylic acids is 1. The van der Waals surface area contributed by atoms with Crippen molar-refractivity contribution in [2.45, 2.75) is 52.3 Å². The van der Waals surface area contributed by atoms with Crippen LogP contribution >= 0.6 is 11.6 Å². The van der Waals surface area contributed by atoms with Crippen LogP contribution in [0.15, 0.2) is 24.3 Å². The first kappa shape index (κ1) is 16.4. The number of alkyl halides is 1. The molecule has 0 saturated heterocycles. The molecule has 2 rings (SSSR count). The normalized spacial score (nSPS) is 22.9. The topological polar surface area (TPSA) is 29.1 Å². The molecule has 116 valence electrons. The van der Waals surface area contributed by atoms with Gasteiger partial charge < -0.3 is 5.32 Å². The van der Waals surface area contributed by atoms with E-state index in [0.29, 0.717) is 11.3 Å². The molecule has 0 radical (unpaired) electrons. The van der Waals surface area contributed by atoms with Crippen LogP contribution < -0.4 is 5.32 Å². The molecule has 1 saturated carbocycles. The van der Waals surface area contributed by atoms with Crippen molar-refractivity contribution in [3.8, 4) is 0 Å². The first-order chi connectivity index (χ1) is 9.91. The van der Waals surface area contributed by atoms with Gasteiger partial charge in [-0.3, -0.25) is 4.79 Å². The smallest absolute Gasteiger partial charge is 0.227 e. The third-order valence-corrected chi connectivity index (χ3v) is 5.03. The predicted octanol–water partition coefficient (Wildman–Crippen LogP) is 5.22. The van der Waals surface area contributed by atoms with E-state index in [0.717, 1.165) is 42.9 Å². The van der Waals surface area contributed by atoms with Gasteiger partial charge in [-0.2, -0.15) is 0 Å². The van der Waals surface area contributed by atoms with Crippen molar-refractivity contribution in [3.63, 3.8) is 0 Å². The Hall–Kier alpha value is -1.02. The lowest BCUT2D eigenvalue weighted by atomic mass is 9.69. The van der Waals surface area contributed by atoms with Gasteiger partial charge in [-0.15, -0.1) is 11.6 Å². The average molecular weight is 308 g/mol. The number of carbonyl (C=O) groups is 1. The fourth-order valence-corrected chi connectivity index (χ4v) is 3.45. The molecular weight excluding hydrogens is 282 g/mol. The standard InChI is InChI=1S/C18H26ClNO/c1-18(2,3)15-10-8-13(9-11-15)17(21)20-16-7-5-4-6-14(16)12-19/h4-7,13,15H,8-12H2,1-3H3,(H,20,21). The van der Waals surface area contributed by atoms with E-state index in [1.54, 1.807) is 0 Å². The lowest BCUT2D eigenvalue weighted by molar-refractivity contribution is -0.121. The summed E-state index contributed by atoms with van der Waals surface area (Å²) in [4.78, 5) is 12.4. The van der Waals surface area contributed by atoms with Crippen LogP contribution in [0.25, 0.3) is 0 Å². The Morgan fingerprint density at radius 3 is 2.38 bits per heavy atom. The van der Waals surface area contributed by atoms with Crippen LogP contribution in [0.3, 0.4) is 0 Å². The van der Waals surface area contributed by atoms with Gasteiger partial charge in [0.15, 0.2) is 0 Å². The maximum atomic E-state index is 12.4. The summed E-state index contributed by atoms with van der Waals surface area (Å²) in [6, 6.07) is 7.76. The average Bonchev–Trinajstić information content (AvgIpc) is 2.47. The van der Waals surface area contributed by atoms with Crippen molar-refractivity contribution in [2.75, 3.05) is 5.32 Å². The summed E-state index contributed by atoms with van der Waals surface area (Å²) in [5, 5.41) is 3.06. The zero-order chi connectivity index (χ0) is 15.5. The summed E-state index contributed by atoms with van der Waals surface area (Å²) < 4.78 is 0. The molecule has 0 unspecified atom stereocenters. The van der Waals surface area contributed by atoms with E-state index in [-0.39, 0.29) is 11.8 Å². The number of anilines is 1. The minimum atomic E-state index is 0.145. The number of hydrogen-bond acceptors (Lipinski definition) is 1. The fraction of sp³-hybridized carbons (Fsp3) is 0.611. The Morgan fingerprint density at radius 2 is 1.81 bits per heavy atom. The largest absolute Gasteiger partial charge is 0.326 e. The summed E-state index contributed by atoms with van der Waals surface area (Å²) >= 11 is 5.92. The highest BCUT2D eigenvalue weighted by atomic mass is 35.5. The maximum Gasteiger partial charge on any atom is 0.227 e. The van der Waals surface area contributed by atoms with Gasteiger partial charge in [0.1, 0.15) is 0 Å². The third-order valence-electron chi connectivity index (χ3n) is 4.74. The molecule has 1 N–H and O–H groups in total. The number of amides is 1. The Bertz CT molecular complexity index is 484. The number of nitrogens with one attached hydrogen (secondary N) is 1. The minimum Gasteiger partial charge on any atom is -0.326 e. The predicted molar refractivity (Wildman–Crippen MR) is 89.5 cm³/mol. The Labute approximate surface area is 133 Å². The van der Waals surface area contributed by atoms with E-state index < -0.39 is 0 Å². The van der Waals surface area contributed by atoms with E-state index >= 15 is 0 Å². The highest BCUT2D eigenvalue weighted by molar-refractivity contribution is 6.17. The molecule has 0 spiro atoms. The molecule has 1 aliphatic carbocycles. The molecule has 1 aromatic carbocycles. The molecule has 0 aromatic heterocycles. The van der Waals surface area contributed by atoms with Crippen molar-refractivity contribution < 1.29 is 4.79 Å². The molecular formula is C18H26ClNO. The zero-order valence-corrected chi connectivity index (χ0v) is 14.0. The van der Waals surface area contributed by atoms with E-state index in [4.69, 9.17) is 11.6 Å². The van der Waals surface area contributed by atoms with E-state index in [9.17, 15) is 4.79 Å². The molecule has 0 bridgehead atoms. The van der Waals surface area contributed by atoms with Gasteiger partial charge in [-0.25, -0.2) is 0 Å². The SMILES string of the molecule is CC(C)(C)C1CCC(C(=O)Nc2ccccc2CCl)CC1. The molecule has 1 aliphatic rings. The number of para-hydroxylation sites is 1. The highest BCUT2D eigenvalue weighted by Gasteiger charge is 2.32. The van der Waals surface area contributed by atoms with E-state index in [2.05, 4.69) is 26.1 Å². The van der Waals surface area contributed by atoms with Gasteiger partial charge in [-0.05, 0) is 48.6 Å². The molecule has 3 heteroatoms. The highest BCUT2D eigenvalue weighted by Crippen LogP contribution is 2.40. The van der Waals surface area contributed by atoms with E-state index in [1.807, 2.05) is 24.3 Å². The van der Waals surface area contributed by atoms with Crippen molar-refractivity contribution in [1.29, 1.82) is 0 Å².